The lowest BCUT2D eigenvalue weighted by Crippen LogP contribution is -2.17. The molecule has 29 heavy (non-hydrogen) atoms. The summed E-state index contributed by atoms with van der Waals surface area (Å²) in [5.74, 6) is 1.06. The maximum atomic E-state index is 10.4. The summed E-state index contributed by atoms with van der Waals surface area (Å²) in [7, 11) is 0. The minimum atomic E-state index is -0.0178. The van der Waals surface area contributed by atoms with Gasteiger partial charge in [0, 0.05) is 0 Å². The molecule has 0 aliphatic carbocycles. The molecular weight excluding hydrogens is 380 g/mol. The van der Waals surface area contributed by atoms with Crippen molar-refractivity contribution in [1.82, 2.24) is 0 Å². The lowest BCUT2D eigenvalue weighted by molar-refractivity contribution is 0.423. The molecule has 0 saturated carbocycles. The predicted molar refractivity (Wildman–Crippen MR) is 129 cm³/mol. The molecule has 0 unspecified atom stereocenters. The molecule has 2 aromatic rings. The van der Waals surface area contributed by atoms with Crippen LogP contribution in [0, 0.1) is 6.92 Å². The van der Waals surface area contributed by atoms with E-state index in [-0.39, 0.29) is 16.6 Å². The van der Waals surface area contributed by atoms with E-state index < -0.39 is 0 Å². The first-order valence-corrected chi connectivity index (χ1v) is 10.9. The molecule has 0 radical (unpaired) electrons. The van der Waals surface area contributed by atoms with E-state index in [4.69, 9.17) is 16.7 Å². The van der Waals surface area contributed by atoms with Crippen LogP contribution >= 0.6 is 11.6 Å². The highest BCUT2D eigenvalue weighted by Crippen LogP contribution is 2.39. The second-order valence-electron chi connectivity index (χ2n) is 9.57. The van der Waals surface area contributed by atoms with Crippen molar-refractivity contribution in [1.29, 1.82) is 0 Å². The Morgan fingerprint density at radius 1 is 0.793 bits per heavy atom. The van der Waals surface area contributed by atoms with Gasteiger partial charge in [0.2, 0.25) is 0 Å². The first-order valence-electron chi connectivity index (χ1n) is 10.5. The molecule has 164 valence electrons. The average molecular weight is 421 g/mol. The lowest BCUT2D eigenvalue weighted by atomic mass is 9.78. The molecule has 3 heteroatoms. The summed E-state index contributed by atoms with van der Waals surface area (Å²) in [6, 6.07) is 9.47. The fourth-order valence-electron chi connectivity index (χ4n) is 2.80. The SMILES string of the molecule is CC.CC(C)c1ccc(O)c(Cl)c1.Cc1cc(C(C)(C)C)c(O)c(C(C)(C)C)c1. The number of phenols is 2. The quantitative estimate of drug-likeness (QED) is 0.485. The van der Waals surface area contributed by atoms with Gasteiger partial charge in [0.15, 0.2) is 0 Å². The van der Waals surface area contributed by atoms with Crippen LogP contribution in [0.1, 0.15) is 97.4 Å². The van der Waals surface area contributed by atoms with Crippen molar-refractivity contribution in [2.45, 2.75) is 92.9 Å². The van der Waals surface area contributed by atoms with Crippen LogP contribution in [-0.4, -0.2) is 10.2 Å². The van der Waals surface area contributed by atoms with Gasteiger partial charge in [-0.15, -0.1) is 0 Å². The molecule has 0 bridgehead atoms. The third kappa shape index (κ3) is 8.30. The molecule has 2 aromatic carbocycles. The Bertz CT molecular complexity index is 743. The fourth-order valence-corrected chi connectivity index (χ4v) is 2.99. The minimum Gasteiger partial charge on any atom is -0.507 e. The van der Waals surface area contributed by atoms with Crippen LogP contribution in [0.5, 0.6) is 11.5 Å². The van der Waals surface area contributed by atoms with Crippen LogP contribution in [-0.2, 0) is 10.8 Å². The smallest absolute Gasteiger partial charge is 0.134 e. The monoisotopic (exact) mass is 420 g/mol. The number of rotatable bonds is 1. The van der Waals surface area contributed by atoms with Crippen molar-refractivity contribution < 1.29 is 10.2 Å². The molecule has 0 saturated heterocycles. The van der Waals surface area contributed by atoms with Crippen LogP contribution < -0.4 is 0 Å². The number of aryl methyl sites for hydroxylation is 1. The van der Waals surface area contributed by atoms with E-state index in [9.17, 15) is 5.11 Å². The van der Waals surface area contributed by atoms with Crippen molar-refractivity contribution >= 4 is 11.6 Å². The third-order valence-corrected chi connectivity index (χ3v) is 4.81. The summed E-state index contributed by atoms with van der Waals surface area (Å²) in [6.07, 6.45) is 0. The Morgan fingerprint density at radius 3 is 1.52 bits per heavy atom. The molecule has 0 aromatic heterocycles. The maximum absolute atomic E-state index is 10.4. The number of aromatic hydroxyl groups is 2. The molecule has 0 aliphatic heterocycles. The van der Waals surface area contributed by atoms with Crippen molar-refractivity contribution in [2.24, 2.45) is 0 Å². The van der Waals surface area contributed by atoms with Gasteiger partial charge in [-0.25, -0.2) is 0 Å². The van der Waals surface area contributed by atoms with Gasteiger partial charge in [-0.1, -0.05) is 105 Å². The zero-order valence-electron chi connectivity index (χ0n) is 20.2. The zero-order chi connectivity index (χ0) is 23.2. The van der Waals surface area contributed by atoms with E-state index >= 15 is 0 Å². The van der Waals surface area contributed by atoms with Gasteiger partial charge in [-0.2, -0.15) is 0 Å². The normalized spacial score (nSPS) is 11.3. The van der Waals surface area contributed by atoms with Crippen LogP contribution in [0.3, 0.4) is 0 Å². The molecule has 2 N–H and O–H groups in total. The molecule has 2 nitrogen and oxygen atoms in total. The van der Waals surface area contributed by atoms with E-state index in [1.54, 1.807) is 12.1 Å². The first kappa shape index (κ1) is 27.3. The number of phenolic OH excluding ortho intramolecular Hbond substituents is 2. The van der Waals surface area contributed by atoms with Gasteiger partial charge in [-0.3, -0.25) is 0 Å². The minimum absolute atomic E-state index is 0.0178. The van der Waals surface area contributed by atoms with Gasteiger partial charge >= 0.3 is 0 Å². The topological polar surface area (TPSA) is 40.5 Å². The third-order valence-electron chi connectivity index (χ3n) is 4.51. The fraction of sp³-hybridized carbons (Fsp3) is 0.538. The number of hydrogen-bond acceptors (Lipinski definition) is 2. The van der Waals surface area contributed by atoms with E-state index in [1.165, 1.54) is 5.56 Å². The lowest BCUT2D eigenvalue weighted by Gasteiger charge is -2.27. The molecule has 0 heterocycles. The first-order chi connectivity index (χ1) is 13.1. The van der Waals surface area contributed by atoms with E-state index in [0.29, 0.717) is 16.7 Å². The summed E-state index contributed by atoms with van der Waals surface area (Å²) < 4.78 is 0. The Morgan fingerprint density at radius 2 is 1.21 bits per heavy atom. The van der Waals surface area contributed by atoms with Crippen LogP contribution in [0.2, 0.25) is 5.02 Å². The highest BCUT2D eigenvalue weighted by molar-refractivity contribution is 6.32. The molecule has 0 amide bonds. The van der Waals surface area contributed by atoms with Gasteiger partial charge in [0.05, 0.1) is 5.02 Å². The Balaban J connectivity index is 0.000000526. The summed E-state index contributed by atoms with van der Waals surface area (Å²) in [4.78, 5) is 0. The molecule has 0 spiro atoms. The van der Waals surface area contributed by atoms with Gasteiger partial charge in [0.25, 0.3) is 0 Å². The largest absolute Gasteiger partial charge is 0.507 e. The second-order valence-corrected chi connectivity index (χ2v) is 9.98. The number of benzene rings is 2. The summed E-state index contributed by atoms with van der Waals surface area (Å²) >= 11 is 5.71. The second kappa shape index (κ2) is 10.9. The predicted octanol–water partition coefficient (Wildman–Crippen LogP) is 8.49. The standard InChI is InChI=1S/C15H24O.C9H11ClO.C2H6/c1-10-8-11(14(2,3)4)13(16)12(9-10)15(5,6)7;1-6(2)7-3-4-9(11)8(10)5-7;1-2/h8-9,16H,1-7H3;3-6,11H,1-2H3;1-2H3. The maximum Gasteiger partial charge on any atom is 0.134 e. The van der Waals surface area contributed by atoms with Crippen LogP contribution in [0.25, 0.3) is 0 Å². The molecule has 0 aliphatic rings. The number of halogens is 1. The van der Waals surface area contributed by atoms with Gasteiger partial charge in [0.1, 0.15) is 11.5 Å². The zero-order valence-corrected chi connectivity index (χ0v) is 21.0. The molecule has 0 atom stereocenters. The van der Waals surface area contributed by atoms with E-state index in [2.05, 4.69) is 74.4 Å². The summed E-state index contributed by atoms with van der Waals surface area (Å²) in [5.41, 5.74) is 4.40. The van der Waals surface area contributed by atoms with Gasteiger partial charge in [-0.05, 0) is 52.5 Å². The highest BCUT2D eigenvalue weighted by Gasteiger charge is 2.25. The van der Waals surface area contributed by atoms with Crippen molar-refractivity contribution in [3.05, 3.63) is 57.6 Å². The summed E-state index contributed by atoms with van der Waals surface area (Å²) in [6.45, 7) is 23.1. The van der Waals surface area contributed by atoms with Crippen LogP contribution in [0.4, 0.5) is 0 Å². The molecular formula is C26H41ClO2. The Kier molecular flexibility index (Phi) is 10.3. The van der Waals surface area contributed by atoms with Crippen molar-refractivity contribution in [3.8, 4) is 11.5 Å². The highest BCUT2D eigenvalue weighted by atomic mass is 35.5. The van der Waals surface area contributed by atoms with E-state index in [0.717, 1.165) is 16.7 Å². The van der Waals surface area contributed by atoms with Crippen molar-refractivity contribution in [3.63, 3.8) is 0 Å². The molecule has 2 rings (SSSR count). The molecule has 0 fully saturated rings. The van der Waals surface area contributed by atoms with Gasteiger partial charge < -0.3 is 10.2 Å². The van der Waals surface area contributed by atoms with E-state index in [1.807, 2.05) is 19.9 Å². The van der Waals surface area contributed by atoms with Crippen molar-refractivity contribution in [2.75, 3.05) is 0 Å². The Hall–Kier alpha value is -1.67. The summed E-state index contributed by atoms with van der Waals surface area (Å²) in [5, 5.41) is 19.9. The van der Waals surface area contributed by atoms with Crippen LogP contribution in [0.15, 0.2) is 30.3 Å². The Labute approximate surface area is 184 Å². The average Bonchev–Trinajstić information content (AvgIpc) is 2.59. The number of hydrogen-bond donors (Lipinski definition) is 2.